The second-order valence-electron chi connectivity index (χ2n) is 4.38. The zero-order valence-corrected chi connectivity index (χ0v) is 9.71. The summed E-state index contributed by atoms with van der Waals surface area (Å²) in [5.74, 6) is 0.522. The fourth-order valence-electron chi connectivity index (χ4n) is 2.41. The Hall–Kier alpha value is -0.280. The van der Waals surface area contributed by atoms with Gasteiger partial charge in [-0.05, 0) is 18.8 Å². The second-order valence-corrected chi connectivity index (χ2v) is 4.85. The average Bonchev–Trinajstić information content (AvgIpc) is 2.82. The highest BCUT2D eigenvalue weighted by atomic mass is 35.5. The Balaban J connectivity index is 1.87. The third kappa shape index (κ3) is 2.64. The van der Waals surface area contributed by atoms with E-state index >= 15 is 0 Å². The summed E-state index contributed by atoms with van der Waals surface area (Å²) >= 11 is 6.24. The molecule has 1 unspecified atom stereocenters. The lowest BCUT2D eigenvalue weighted by atomic mass is 10.0. The van der Waals surface area contributed by atoms with Crippen LogP contribution in [0.1, 0.15) is 25.7 Å². The predicted molar refractivity (Wildman–Crippen MR) is 59.0 cm³/mol. The van der Waals surface area contributed by atoms with Crippen molar-refractivity contribution in [1.82, 2.24) is 4.90 Å². The molecule has 2 aliphatic rings. The highest BCUT2D eigenvalue weighted by Gasteiger charge is 2.32. The third-order valence-corrected chi connectivity index (χ3v) is 3.92. The number of carbonyl (C=O) groups excluding carboxylic acids is 1. The first-order chi connectivity index (χ1) is 7.29. The van der Waals surface area contributed by atoms with Crippen LogP contribution in [0.4, 0.5) is 0 Å². The van der Waals surface area contributed by atoms with Crippen molar-refractivity contribution in [2.24, 2.45) is 5.92 Å². The summed E-state index contributed by atoms with van der Waals surface area (Å²) < 4.78 is 5.22. The van der Waals surface area contributed by atoms with Crippen LogP contribution in [0.2, 0.25) is 0 Å². The Bertz CT molecular complexity index is 223. The van der Waals surface area contributed by atoms with Crippen molar-refractivity contribution in [2.45, 2.75) is 31.1 Å². The lowest BCUT2D eigenvalue weighted by Crippen LogP contribution is -2.45. The quantitative estimate of drug-likeness (QED) is 0.677. The van der Waals surface area contributed by atoms with E-state index in [0.717, 1.165) is 12.8 Å². The monoisotopic (exact) mass is 231 g/mol. The highest BCUT2D eigenvalue weighted by Crippen LogP contribution is 2.31. The number of alkyl halides is 1. The number of nitrogens with zero attached hydrogens (tertiary/aromatic N) is 1. The van der Waals surface area contributed by atoms with E-state index in [-0.39, 0.29) is 11.3 Å². The van der Waals surface area contributed by atoms with E-state index in [9.17, 15) is 4.79 Å². The Labute approximate surface area is 95.7 Å². The number of ether oxygens (including phenoxy) is 1. The standard InChI is InChI=1S/C11H18ClNO2/c12-10(9-3-1-2-4-9)11(14)13-5-7-15-8-6-13/h9-10H,1-8H2. The minimum atomic E-state index is -0.300. The molecule has 3 nitrogen and oxygen atoms in total. The van der Waals surface area contributed by atoms with Gasteiger partial charge in [-0.25, -0.2) is 0 Å². The van der Waals surface area contributed by atoms with E-state index in [4.69, 9.17) is 16.3 Å². The van der Waals surface area contributed by atoms with E-state index in [2.05, 4.69) is 0 Å². The van der Waals surface area contributed by atoms with Gasteiger partial charge in [0.1, 0.15) is 5.38 Å². The maximum atomic E-state index is 12.0. The summed E-state index contributed by atoms with van der Waals surface area (Å²) in [6, 6.07) is 0. The molecule has 0 aromatic heterocycles. The fraction of sp³-hybridized carbons (Fsp3) is 0.909. The number of halogens is 1. The SMILES string of the molecule is O=C(C(Cl)C1CCCC1)N1CCOCC1. The van der Waals surface area contributed by atoms with Crippen molar-refractivity contribution in [3.63, 3.8) is 0 Å². The van der Waals surface area contributed by atoms with E-state index < -0.39 is 0 Å². The zero-order valence-electron chi connectivity index (χ0n) is 8.95. The smallest absolute Gasteiger partial charge is 0.241 e. The summed E-state index contributed by atoms with van der Waals surface area (Å²) in [4.78, 5) is 13.9. The Kier molecular flexibility index (Phi) is 3.87. The molecule has 0 aromatic rings. The van der Waals surface area contributed by atoms with Crippen LogP contribution in [0.25, 0.3) is 0 Å². The molecule has 2 rings (SSSR count). The van der Waals surface area contributed by atoms with E-state index in [1.54, 1.807) is 0 Å². The van der Waals surface area contributed by atoms with Crippen molar-refractivity contribution in [3.05, 3.63) is 0 Å². The molecule has 1 saturated carbocycles. The van der Waals surface area contributed by atoms with Gasteiger partial charge in [0.25, 0.3) is 0 Å². The lowest BCUT2D eigenvalue weighted by molar-refractivity contribution is -0.135. The fourth-order valence-corrected chi connectivity index (χ4v) is 2.80. The van der Waals surface area contributed by atoms with Gasteiger partial charge in [0, 0.05) is 13.1 Å². The summed E-state index contributed by atoms with van der Waals surface area (Å²) in [7, 11) is 0. The first-order valence-electron chi connectivity index (χ1n) is 5.79. The Morgan fingerprint density at radius 3 is 2.47 bits per heavy atom. The normalized spacial score (nSPS) is 25.5. The zero-order chi connectivity index (χ0) is 10.7. The maximum Gasteiger partial charge on any atom is 0.241 e. The first-order valence-corrected chi connectivity index (χ1v) is 6.23. The lowest BCUT2D eigenvalue weighted by Gasteiger charge is -2.30. The molecule has 2 fully saturated rings. The minimum absolute atomic E-state index is 0.117. The number of carbonyl (C=O) groups is 1. The van der Waals surface area contributed by atoms with Gasteiger partial charge < -0.3 is 9.64 Å². The van der Waals surface area contributed by atoms with Gasteiger partial charge >= 0.3 is 0 Å². The van der Waals surface area contributed by atoms with Gasteiger partial charge in [0.05, 0.1) is 13.2 Å². The Morgan fingerprint density at radius 2 is 1.87 bits per heavy atom. The van der Waals surface area contributed by atoms with Gasteiger partial charge in [-0.15, -0.1) is 11.6 Å². The molecule has 0 spiro atoms. The van der Waals surface area contributed by atoms with Gasteiger partial charge in [-0.1, -0.05) is 12.8 Å². The molecule has 15 heavy (non-hydrogen) atoms. The number of hydrogen-bond acceptors (Lipinski definition) is 2. The van der Waals surface area contributed by atoms with Crippen molar-refractivity contribution in [2.75, 3.05) is 26.3 Å². The minimum Gasteiger partial charge on any atom is -0.378 e. The average molecular weight is 232 g/mol. The van der Waals surface area contributed by atoms with Gasteiger partial charge in [-0.2, -0.15) is 0 Å². The molecular formula is C11H18ClNO2. The van der Waals surface area contributed by atoms with Gasteiger partial charge in [0.2, 0.25) is 5.91 Å². The number of morpholine rings is 1. The van der Waals surface area contributed by atoms with Crippen molar-refractivity contribution < 1.29 is 9.53 Å². The molecule has 1 saturated heterocycles. The molecule has 1 amide bonds. The van der Waals surface area contributed by atoms with Crippen LogP contribution < -0.4 is 0 Å². The predicted octanol–water partition coefficient (Wildman–Crippen LogP) is 1.64. The number of rotatable bonds is 2. The van der Waals surface area contributed by atoms with E-state index in [1.807, 2.05) is 4.90 Å². The Morgan fingerprint density at radius 1 is 1.27 bits per heavy atom. The molecule has 1 atom stereocenters. The van der Waals surface area contributed by atoms with Crippen molar-refractivity contribution >= 4 is 17.5 Å². The van der Waals surface area contributed by atoms with Crippen LogP contribution in [0, 0.1) is 5.92 Å². The van der Waals surface area contributed by atoms with Crippen LogP contribution in [-0.2, 0) is 9.53 Å². The maximum absolute atomic E-state index is 12.0. The first kappa shape index (κ1) is 11.2. The molecule has 0 N–H and O–H groups in total. The third-order valence-electron chi connectivity index (χ3n) is 3.37. The molecule has 86 valence electrons. The molecule has 0 aromatic carbocycles. The van der Waals surface area contributed by atoms with Crippen molar-refractivity contribution in [3.8, 4) is 0 Å². The van der Waals surface area contributed by atoms with Crippen LogP contribution >= 0.6 is 11.6 Å². The summed E-state index contributed by atoms with van der Waals surface area (Å²) in [6.07, 6.45) is 4.68. The summed E-state index contributed by atoms with van der Waals surface area (Å²) in [5, 5.41) is -0.300. The topological polar surface area (TPSA) is 29.5 Å². The van der Waals surface area contributed by atoms with Crippen LogP contribution in [0.5, 0.6) is 0 Å². The van der Waals surface area contributed by atoms with Gasteiger partial charge in [0.15, 0.2) is 0 Å². The summed E-state index contributed by atoms with van der Waals surface area (Å²) in [6.45, 7) is 2.71. The number of amides is 1. The molecule has 1 aliphatic heterocycles. The second kappa shape index (κ2) is 5.17. The summed E-state index contributed by atoms with van der Waals surface area (Å²) in [5.41, 5.74) is 0. The molecule has 1 heterocycles. The molecule has 0 bridgehead atoms. The van der Waals surface area contributed by atoms with E-state index in [0.29, 0.717) is 32.2 Å². The van der Waals surface area contributed by atoms with Crippen molar-refractivity contribution in [1.29, 1.82) is 0 Å². The molecule has 1 aliphatic carbocycles. The number of hydrogen-bond donors (Lipinski definition) is 0. The van der Waals surface area contributed by atoms with E-state index in [1.165, 1.54) is 12.8 Å². The molecule has 0 radical (unpaired) electrons. The molecular weight excluding hydrogens is 214 g/mol. The van der Waals surface area contributed by atoms with Crippen LogP contribution in [0.3, 0.4) is 0 Å². The van der Waals surface area contributed by atoms with Crippen LogP contribution in [0.15, 0.2) is 0 Å². The van der Waals surface area contributed by atoms with Crippen LogP contribution in [-0.4, -0.2) is 42.5 Å². The largest absolute Gasteiger partial charge is 0.378 e. The van der Waals surface area contributed by atoms with Gasteiger partial charge in [-0.3, -0.25) is 4.79 Å². The highest BCUT2D eigenvalue weighted by molar-refractivity contribution is 6.30. The molecule has 4 heteroatoms.